The van der Waals surface area contributed by atoms with Crippen LogP contribution in [0.1, 0.15) is 50.7 Å². The maximum Gasteiger partial charge on any atom is 0.275 e. The van der Waals surface area contributed by atoms with Crippen molar-refractivity contribution in [3.8, 4) is 5.75 Å². The maximum atomic E-state index is 14.6. The van der Waals surface area contributed by atoms with Crippen LogP contribution in [-0.4, -0.2) is 83.7 Å². The SMILES string of the molecule is C=CC(=O)N1CCN(C[C@@H](Oc2cc(C)c(C(N)=O)nc2C(=O)N(C)C)c2ccc(C)c(F)c2)C[C@H]1C. The van der Waals surface area contributed by atoms with Gasteiger partial charge in [-0.15, -0.1) is 0 Å². The van der Waals surface area contributed by atoms with Crippen molar-refractivity contribution in [3.63, 3.8) is 0 Å². The molecule has 0 bridgehead atoms. The number of hydrogen-bond acceptors (Lipinski definition) is 6. The summed E-state index contributed by atoms with van der Waals surface area (Å²) in [6.07, 6.45) is 0.639. The fourth-order valence-corrected chi connectivity index (χ4v) is 4.34. The highest BCUT2D eigenvalue weighted by Crippen LogP contribution is 2.30. The molecule has 0 saturated carbocycles. The van der Waals surface area contributed by atoms with Gasteiger partial charge in [-0.25, -0.2) is 9.37 Å². The molecule has 3 rings (SSSR count). The molecule has 1 fully saturated rings. The van der Waals surface area contributed by atoms with Crippen LogP contribution in [0.15, 0.2) is 36.9 Å². The molecule has 0 aliphatic carbocycles. The minimum Gasteiger partial charge on any atom is -0.482 e. The predicted molar refractivity (Wildman–Crippen MR) is 138 cm³/mol. The molecule has 0 radical (unpaired) electrons. The second kappa shape index (κ2) is 11.5. The zero-order valence-corrected chi connectivity index (χ0v) is 22.0. The van der Waals surface area contributed by atoms with E-state index in [-0.39, 0.29) is 34.9 Å². The summed E-state index contributed by atoms with van der Waals surface area (Å²) in [6.45, 7) is 10.9. The van der Waals surface area contributed by atoms with E-state index < -0.39 is 17.9 Å². The van der Waals surface area contributed by atoms with Crippen molar-refractivity contribution in [3.05, 3.63) is 70.8 Å². The summed E-state index contributed by atoms with van der Waals surface area (Å²) < 4.78 is 20.9. The number of amides is 3. The minimum absolute atomic E-state index is 0.0210. The smallest absolute Gasteiger partial charge is 0.275 e. The number of carbonyl (C=O) groups is 3. The second-order valence-electron chi connectivity index (χ2n) is 9.52. The number of carbonyl (C=O) groups excluding carboxylic acids is 3. The van der Waals surface area contributed by atoms with Gasteiger partial charge in [0.1, 0.15) is 17.6 Å². The Morgan fingerprint density at radius 3 is 2.49 bits per heavy atom. The molecule has 0 unspecified atom stereocenters. The summed E-state index contributed by atoms with van der Waals surface area (Å²) >= 11 is 0. The van der Waals surface area contributed by atoms with Crippen molar-refractivity contribution < 1.29 is 23.5 Å². The van der Waals surface area contributed by atoms with Crippen LogP contribution in [0.3, 0.4) is 0 Å². The number of piperazine rings is 1. The number of pyridine rings is 1. The number of halogens is 1. The third kappa shape index (κ3) is 6.32. The summed E-state index contributed by atoms with van der Waals surface area (Å²) in [5, 5.41) is 0. The van der Waals surface area contributed by atoms with Gasteiger partial charge < -0.3 is 20.3 Å². The van der Waals surface area contributed by atoms with Gasteiger partial charge in [0.15, 0.2) is 11.4 Å². The number of ether oxygens (including phenoxy) is 1. The summed E-state index contributed by atoms with van der Waals surface area (Å²) in [6, 6.07) is 6.39. The molecule has 1 aromatic carbocycles. The highest BCUT2D eigenvalue weighted by atomic mass is 19.1. The van der Waals surface area contributed by atoms with Crippen LogP contribution in [-0.2, 0) is 4.79 Å². The summed E-state index contributed by atoms with van der Waals surface area (Å²) in [5.41, 5.74) is 6.92. The van der Waals surface area contributed by atoms with Gasteiger partial charge in [0, 0.05) is 46.3 Å². The second-order valence-corrected chi connectivity index (χ2v) is 9.52. The zero-order chi connectivity index (χ0) is 27.4. The largest absolute Gasteiger partial charge is 0.482 e. The topological polar surface area (TPSA) is 109 Å². The number of aromatic nitrogens is 1. The van der Waals surface area contributed by atoms with E-state index in [4.69, 9.17) is 10.5 Å². The summed E-state index contributed by atoms with van der Waals surface area (Å²) in [5.74, 6) is -1.54. The Balaban J connectivity index is 1.99. The molecule has 9 nitrogen and oxygen atoms in total. The molecule has 1 aliphatic rings. The lowest BCUT2D eigenvalue weighted by molar-refractivity contribution is -0.130. The first-order valence-corrected chi connectivity index (χ1v) is 12.0. The maximum absolute atomic E-state index is 14.6. The van der Waals surface area contributed by atoms with Crippen LogP contribution < -0.4 is 10.5 Å². The molecule has 2 N–H and O–H groups in total. The van der Waals surface area contributed by atoms with Crippen LogP contribution in [0.4, 0.5) is 4.39 Å². The van der Waals surface area contributed by atoms with E-state index in [1.807, 2.05) is 6.92 Å². The molecule has 198 valence electrons. The van der Waals surface area contributed by atoms with E-state index in [9.17, 15) is 18.8 Å². The van der Waals surface area contributed by atoms with Gasteiger partial charge in [-0.05, 0) is 55.7 Å². The Morgan fingerprint density at radius 2 is 1.92 bits per heavy atom. The molecule has 2 heterocycles. The van der Waals surface area contributed by atoms with E-state index in [1.54, 1.807) is 51.0 Å². The van der Waals surface area contributed by atoms with Crippen molar-refractivity contribution in [1.82, 2.24) is 19.7 Å². The summed E-state index contributed by atoms with van der Waals surface area (Å²) in [4.78, 5) is 46.4. The fraction of sp³-hybridized carbons (Fsp3) is 0.407. The van der Waals surface area contributed by atoms with Gasteiger partial charge >= 0.3 is 0 Å². The van der Waals surface area contributed by atoms with Crippen LogP contribution >= 0.6 is 0 Å². The lowest BCUT2D eigenvalue weighted by Crippen LogP contribution is -2.54. The first-order valence-electron chi connectivity index (χ1n) is 12.0. The first-order chi connectivity index (χ1) is 17.4. The predicted octanol–water partition coefficient (Wildman–Crippen LogP) is 2.48. The Morgan fingerprint density at radius 1 is 1.22 bits per heavy atom. The molecular formula is C27H34FN5O4. The van der Waals surface area contributed by atoms with Crippen molar-refractivity contribution in [2.24, 2.45) is 5.73 Å². The molecule has 1 aliphatic heterocycles. The Labute approximate surface area is 216 Å². The monoisotopic (exact) mass is 511 g/mol. The van der Waals surface area contributed by atoms with Crippen LogP contribution in [0, 0.1) is 19.7 Å². The molecule has 1 aromatic heterocycles. The van der Waals surface area contributed by atoms with Crippen LogP contribution in [0.2, 0.25) is 0 Å². The number of aryl methyl sites for hydroxylation is 2. The number of nitrogens with two attached hydrogens (primary N) is 1. The van der Waals surface area contributed by atoms with E-state index in [0.717, 1.165) is 0 Å². The number of rotatable bonds is 8. The third-order valence-electron chi connectivity index (χ3n) is 6.45. The van der Waals surface area contributed by atoms with E-state index in [1.165, 1.54) is 17.0 Å². The van der Waals surface area contributed by atoms with Crippen molar-refractivity contribution in [2.75, 3.05) is 40.3 Å². The third-order valence-corrected chi connectivity index (χ3v) is 6.45. The van der Waals surface area contributed by atoms with Crippen LogP contribution in [0.5, 0.6) is 5.75 Å². The standard InChI is InChI=1S/C27H34FN5O4/c1-7-23(34)33-11-10-32(14-18(33)4)15-22(19-9-8-16(2)20(28)13-19)37-21-12-17(3)24(26(29)35)30-25(21)27(36)31(5)6/h7-9,12-13,18,22H,1,10-11,14-15H2,2-6H3,(H2,29,35)/t18-,22-/m1/s1. The molecule has 3 amide bonds. The van der Waals surface area contributed by atoms with Gasteiger partial charge in [0.05, 0.1) is 0 Å². The first kappa shape index (κ1) is 27.8. The molecule has 10 heteroatoms. The van der Waals surface area contributed by atoms with Crippen molar-refractivity contribution in [1.29, 1.82) is 0 Å². The van der Waals surface area contributed by atoms with Gasteiger partial charge in [-0.2, -0.15) is 0 Å². The summed E-state index contributed by atoms with van der Waals surface area (Å²) in [7, 11) is 3.13. The number of benzene rings is 1. The molecule has 0 spiro atoms. The molecule has 2 atom stereocenters. The normalized spacial score (nSPS) is 16.7. The average Bonchev–Trinajstić information content (AvgIpc) is 2.84. The minimum atomic E-state index is -0.755. The number of primary amides is 1. The molecule has 2 aromatic rings. The lowest BCUT2D eigenvalue weighted by atomic mass is 10.0. The molecule has 37 heavy (non-hydrogen) atoms. The fourth-order valence-electron chi connectivity index (χ4n) is 4.34. The van der Waals surface area contributed by atoms with Gasteiger partial charge in [-0.3, -0.25) is 19.3 Å². The quantitative estimate of drug-likeness (QED) is 0.546. The zero-order valence-electron chi connectivity index (χ0n) is 22.0. The average molecular weight is 512 g/mol. The Bertz CT molecular complexity index is 1220. The highest BCUT2D eigenvalue weighted by Gasteiger charge is 2.30. The van der Waals surface area contributed by atoms with Crippen LogP contribution in [0.25, 0.3) is 0 Å². The number of nitrogens with zero attached hydrogens (tertiary/aromatic N) is 4. The van der Waals surface area contributed by atoms with Gasteiger partial charge in [0.2, 0.25) is 5.91 Å². The molecule has 1 saturated heterocycles. The van der Waals surface area contributed by atoms with Gasteiger partial charge in [-0.1, -0.05) is 18.7 Å². The van der Waals surface area contributed by atoms with E-state index >= 15 is 0 Å². The number of hydrogen-bond donors (Lipinski definition) is 1. The Kier molecular flexibility index (Phi) is 8.65. The van der Waals surface area contributed by atoms with E-state index in [0.29, 0.717) is 42.9 Å². The highest BCUT2D eigenvalue weighted by molar-refractivity contribution is 5.98. The van der Waals surface area contributed by atoms with E-state index in [2.05, 4.69) is 16.5 Å². The Hall–Kier alpha value is -3.79. The van der Waals surface area contributed by atoms with Gasteiger partial charge in [0.25, 0.3) is 11.8 Å². The lowest BCUT2D eigenvalue weighted by Gasteiger charge is -2.40. The molecular weight excluding hydrogens is 477 g/mol. The van der Waals surface area contributed by atoms with Crippen molar-refractivity contribution in [2.45, 2.75) is 32.9 Å². The van der Waals surface area contributed by atoms with Crippen molar-refractivity contribution >= 4 is 17.7 Å².